The van der Waals surface area contributed by atoms with Crippen LogP contribution in [0.25, 0.3) is 0 Å². The van der Waals surface area contributed by atoms with E-state index in [0.717, 1.165) is 12.0 Å². The number of amides is 1. The summed E-state index contributed by atoms with van der Waals surface area (Å²) in [7, 11) is 0. The molecule has 1 saturated heterocycles. The van der Waals surface area contributed by atoms with Gasteiger partial charge in [-0.2, -0.15) is 0 Å². The first-order valence-corrected chi connectivity index (χ1v) is 9.12. The minimum atomic E-state index is -4.71. The zero-order valence-electron chi connectivity index (χ0n) is 15.1. The maximum atomic E-state index is 13.0. The van der Waals surface area contributed by atoms with E-state index in [2.05, 4.69) is 11.3 Å². The minimum absolute atomic E-state index is 0.0822. The van der Waals surface area contributed by atoms with E-state index in [9.17, 15) is 23.1 Å². The van der Waals surface area contributed by atoms with Crippen LogP contribution in [0.5, 0.6) is 5.75 Å². The summed E-state index contributed by atoms with van der Waals surface area (Å²) in [6.45, 7) is 4.67. The number of ether oxygens (including phenoxy) is 1. The number of rotatable bonds is 5. The highest BCUT2D eigenvalue weighted by molar-refractivity contribution is 5.85. The lowest BCUT2D eigenvalue weighted by molar-refractivity contribution is -0.274. The second-order valence-corrected chi connectivity index (χ2v) is 7.67. The molecule has 0 aromatic heterocycles. The molecular formula is C20H24F3NO3. The molecule has 1 aliphatic carbocycles. The average Bonchev–Trinajstić information content (AvgIpc) is 2.88. The molecule has 7 heteroatoms. The molecule has 1 aromatic carbocycles. The van der Waals surface area contributed by atoms with Gasteiger partial charge in [0.25, 0.3) is 0 Å². The van der Waals surface area contributed by atoms with Crippen molar-refractivity contribution in [3.8, 4) is 5.75 Å². The molecule has 1 saturated carbocycles. The third-order valence-corrected chi connectivity index (χ3v) is 5.79. The molecule has 2 fully saturated rings. The number of likely N-dealkylation sites (tertiary alicyclic amines) is 1. The minimum Gasteiger partial charge on any atom is -0.406 e. The van der Waals surface area contributed by atoms with Crippen LogP contribution in [0.4, 0.5) is 13.2 Å². The monoisotopic (exact) mass is 383 g/mol. The van der Waals surface area contributed by atoms with E-state index in [1.165, 1.54) is 12.1 Å². The van der Waals surface area contributed by atoms with Gasteiger partial charge in [0, 0.05) is 13.1 Å². The van der Waals surface area contributed by atoms with Gasteiger partial charge in [0.05, 0.1) is 11.0 Å². The van der Waals surface area contributed by atoms with Gasteiger partial charge in [0.2, 0.25) is 5.91 Å². The van der Waals surface area contributed by atoms with Crippen LogP contribution in [0.15, 0.2) is 36.9 Å². The number of carbonyl (C=O) groups is 1. The summed E-state index contributed by atoms with van der Waals surface area (Å²) in [5.74, 6) is -0.192. The fourth-order valence-corrected chi connectivity index (χ4v) is 4.19. The third-order valence-electron chi connectivity index (χ3n) is 5.79. The van der Waals surface area contributed by atoms with E-state index in [-0.39, 0.29) is 11.7 Å². The van der Waals surface area contributed by atoms with Gasteiger partial charge in [-0.05, 0) is 56.2 Å². The smallest absolute Gasteiger partial charge is 0.406 e. The van der Waals surface area contributed by atoms with E-state index in [1.807, 2.05) is 0 Å². The first-order chi connectivity index (χ1) is 12.6. The molecule has 4 nitrogen and oxygen atoms in total. The molecule has 2 aliphatic rings. The number of benzene rings is 1. The second-order valence-electron chi connectivity index (χ2n) is 7.67. The van der Waals surface area contributed by atoms with Gasteiger partial charge >= 0.3 is 6.36 Å². The van der Waals surface area contributed by atoms with Crippen LogP contribution in [0.1, 0.15) is 44.1 Å². The number of aliphatic hydroxyl groups is 1. The summed E-state index contributed by atoms with van der Waals surface area (Å²) in [5.41, 5.74) is -0.407. The molecule has 0 radical (unpaired) electrons. The predicted octanol–water partition coefficient (Wildman–Crippen LogP) is 4.19. The molecule has 1 N–H and O–H groups in total. The fraction of sp³-hybridized carbons (Fsp3) is 0.550. The zero-order chi connectivity index (χ0) is 19.7. The molecule has 1 aliphatic heterocycles. The van der Waals surface area contributed by atoms with Crippen molar-refractivity contribution < 1.29 is 27.8 Å². The molecular weight excluding hydrogens is 359 g/mol. The van der Waals surface area contributed by atoms with Crippen molar-refractivity contribution in [2.75, 3.05) is 6.54 Å². The van der Waals surface area contributed by atoms with Crippen LogP contribution in [-0.2, 0) is 11.3 Å². The summed E-state index contributed by atoms with van der Waals surface area (Å²) in [6.07, 6.45) is 0.777. The summed E-state index contributed by atoms with van der Waals surface area (Å²) >= 11 is 0. The van der Waals surface area contributed by atoms with Crippen molar-refractivity contribution in [3.05, 3.63) is 42.5 Å². The molecule has 148 valence electrons. The number of hydrogen-bond donors (Lipinski definition) is 1. The SMILES string of the molecule is C=CC[C@]1(O)CC[C@@]2(CCN(Cc3ccc(OC(F)(F)F)cc3)C2=O)CC1. The number of halogens is 3. The Balaban J connectivity index is 1.60. The molecule has 0 bridgehead atoms. The van der Waals surface area contributed by atoms with Gasteiger partial charge in [0.15, 0.2) is 0 Å². The standard InChI is InChI=1S/C20H24F3NO3/c1-2-7-19(26)10-8-18(9-11-19)12-13-24(17(18)25)14-15-3-5-16(6-4-15)27-20(21,22)23/h2-6,26H,1,7-14H2/t18-,19-. The lowest BCUT2D eigenvalue weighted by Crippen LogP contribution is -2.43. The van der Waals surface area contributed by atoms with Gasteiger partial charge in [-0.3, -0.25) is 4.79 Å². The molecule has 1 aromatic rings. The molecule has 1 heterocycles. The van der Waals surface area contributed by atoms with Gasteiger partial charge < -0.3 is 14.7 Å². The van der Waals surface area contributed by atoms with E-state index < -0.39 is 17.4 Å². The molecule has 0 unspecified atom stereocenters. The number of hydrogen-bond acceptors (Lipinski definition) is 3. The van der Waals surface area contributed by atoms with Crippen molar-refractivity contribution in [2.45, 2.75) is 57.0 Å². The van der Waals surface area contributed by atoms with Crippen molar-refractivity contribution >= 4 is 5.91 Å². The highest BCUT2D eigenvalue weighted by Crippen LogP contribution is 2.48. The first-order valence-electron chi connectivity index (χ1n) is 9.12. The van der Waals surface area contributed by atoms with E-state index >= 15 is 0 Å². The normalized spacial score (nSPS) is 28.6. The predicted molar refractivity (Wildman–Crippen MR) is 93.8 cm³/mol. The van der Waals surface area contributed by atoms with Gasteiger partial charge in [-0.1, -0.05) is 18.2 Å². The van der Waals surface area contributed by atoms with E-state index in [4.69, 9.17) is 0 Å². The van der Waals surface area contributed by atoms with Crippen LogP contribution in [0.2, 0.25) is 0 Å². The molecule has 0 atom stereocenters. The summed E-state index contributed by atoms with van der Waals surface area (Å²) in [5, 5.41) is 10.5. The topological polar surface area (TPSA) is 49.8 Å². The highest BCUT2D eigenvalue weighted by atomic mass is 19.4. The highest BCUT2D eigenvalue weighted by Gasteiger charge is 2.50. The molecule has 3 rings (SSSR count). The average molecular weight is 383 g/mol. The molecule has 27 heavy (non-hydrogen) atoms. The fourth-order valence-electron chi connectivity index (χ4n) is 4.19. The first kappa shape index (κ1) is 19.7. The van der Waals surface area contributed by atoms with Crippen molar-refractivity contribution in [2.24, 2.45) is 5.41 Å². The summed E-state index contributed by atoms with van der Waals surface area (Å²) in [4.78, 5) is 14.7. The maximum Gasteiger partial charge on any atom is 0.573 e. The Morgan fingerprint density at radius 1 is 1.15 bits per heavy atom. The second kappa shape index (κ2) is 7.19. The van der Waals surface area contributed by atoms with Crippen molar-refractivity contribution in [1.82, 2.24) is 4.90 Å². The number of carbonyl (C=O) groups excluding carboxylic acids is 1. The largest absolute Gasteiger partial charge is 0.573 e. The number of nitrogens with zero attached hydrogens (tertiary/aromatic N) is 1. The van der Waals surface area contributed by atoms with Gasteiger partial charge in [-0.25, -0.2) is 0 Å². The Morgan fingerprint density at radius 3 is 2.33 bits per heavy atom. The Morgan fingerprint density at radius 2 is 1.78 bits per heavy atom. The third kappa shape index (κ3) is 4.46. The lowest BCUT2D eigenvalue weighted by atomic mass is 9.67. The van der Waals surface area contributed by atoms with E-state index in [0.29, 0.717) is 45.2 Å². The van der Waals surface area contributed by atoms with Crippen molar-refractivity contribution in [1.29, 1.82) is 0 Å². The van der Waals surface area contributed by atoms with Crippen LogP contribution < -0.4 is 4.74 Å². The Labute approximate surface area is 156 Å². The van der Waals surface area contributed by atoms with Crippen LogP contribution in [0.3, 0.4) is 0 Å². The molecule has 1 amide bonds. The quantitative estimate of drug-likeness (QED) is 0.776. The van der Waals surface area contributed by atoms with Gasteiger partial charge in [0.1, 0.15) is 5.75 Å². The molecule has 1 spiro atoms. The van der Waals surface area contributed by atoms with Crippen LogP contribution >= 0.6 is 0 Å². The zero-order valence-corrected chi connectivity index (χ0v) is 15.1. The Hall–Kier alpha value is -2.02. The Kier molecular flexibility index (Phi) is 5.25. The van der Waals surface area contributed by atoms with Crippen LogP contribution in [-0.4, -0.2) is 34.4 Å². The van der Waals surface area contributed by atoms with Gasteiger partial charge in [-0.15, -0.1) is 19.8 Å². The van der Waals surface area contributed by atoms with Crippen LogP contribution in [0, 0.1) is 5.41 Å². The maximum absolute atomic E-state index is 13.0. The Bertz CT molecular complexity index is 691. The number of alkyl halides is 3. The lowest BCUT2D eigenvalue weighted by Gasteiger charge is -2.40. The summed E-state index contributed by atoms with van der Waals surface area (Å²) in [6, 6.07) is 5.61. The van der Waals surface area contributed by atoms with Crippen molar-refractivity contribution in [3.63, 3.8) is 0 Å². The summed E-state index contributed by atoms with van der Waals surface area (Å²) < 4.78 is 40.5. The van der Waals surface area contributed by atoms with E-state index in [1.54, 1.807) is 23.1 Å².